The Labute approximate surface area is 317 Å². The van der Waals surface area contributed by atoms with Crippen molar-refractivity contribution in [2.45, 2.75) is 52.1 Å². The molecule has 0 unspecified atom stereocenters. The molecule has 55 heavy (non-hydrogen) atoms. The lowest BCUT2D eigenvalue weighted by molar-refractivity contribution is -0.146. The van der Waals surface area contributed by atoms with Gasteiger partial charge >= 0.3 is 6.09 Å². The Balaban J connectivity index is 1.51. The first-order chi connectivity index (χ1) is 26.2. The van der Waals surface area contributed by atoms with Gasteiger partial charge in [-0.1, -0.05) is 44.2 Å². The highest BCUT2D eigenvalue weighted by Crippen LogP contribution is 2.43. The van der Waals surface area contributed by atoms with Crippen LogP contribution in [0.15, 0.2) is 66.9 Å². The maximum absolute atomic E-state index is 15.2. The van der Waals surface area contributed by atoms with Crippen molar-refractivity contribution in [1.29, 1.82) is 0 Å². The van der Waals surface area contributed by atoms with E-state index in [-0.39, 0.29) is 75.9 Å². The number of imide groups is 1. The second kappa shape index (κ2) is 18.0. The van der Waals surface area contributed by atoms with Crippen LogP contribution in [-0.4, -0.2) is 123 Å². The Morgan fingerprint density at radius 3 is 2.42 bits per heavy atom. The summed E-state index contributed by atoms with van der Waals surface area (Å²) in [6.45, 7) is 4.32. The summed E-state index contributed by atoms with van der Waals surface area (Å²) in [5.41, 5.74) is -0.266. The van der Waals surface area contributed by atoms with Crippen LogP contribution in [0, 0.1) is 23.0 Å². The molecule has 16 heteroatoms. The zero-order valence-corrected chi connectivity index (χ0v) is 31.0. The number of carbonyl (C=O) groups excluding carboxylic acids is 4. The molecule has 3 heterocycles. The summed E-state index contributed by atoms with van der Waals surface area (Å²) in [4.78, 5) is 59.7. The zero-order chi connectivity index (χ0) is 39.9. The van der Waals surface area contributed by atoms with Gasteiger partial charge in [-0.05, 0) is 42.5 Å². The van der Waals surface area contributed by atoms with Crippen LogP contribution in [0.4, 0.5) is 18.0 Å². The molecule has 1 saturated heterocycles. The molecule has 296 valence electrons. The minimum Gasteiger partial charge on any atom is -0.449 e. The van der Waals surface area contributed by atoms with E-state index >= 15 is 8.78 Å². The van der Waals surface area contributed by atoms with Crippen molar-refractivity contribution >= 4 is 23.8 Å². The topological polar surface area (TPSA) is 158 Å². The van der Waals surface area contributed by atoms with E-state index in [1.165, 1.54) is 11.8 Å². The Bertz CT molecular complexity index is 1850. The largest absolute Gasteiger partial charge is 0.449 e. The minimum absolute atomic E-state index is 0.0790. The monoisotopic (exact) mass is 768 g/mol. The number of benzene rings is 2. The predicted molar refractivity (Wildman–Crippen MR) is 195 cm³/mol. The molecule has 0 aliphatic carbocycles. The summed E-state index contributed by atoms with van der Waals surface area (Å²) >= 11 is 0. The van der Waals surface area contributed by atoms with Crippen molar-refractivity contribution in [2.75, 3.05) is 52.5 Å². The third kappa shape index (κ3) is 9.98. The Hall–Kier alpha value is -5.06. The molecule has 3 N–H and O–H groups in total. The average Bonchev–Trinajstić information content (AvgIpc) is 3.84. The van der Waals surface area contributed by atoms with Gasteiger partial charge < -0.3 is 34.6 Å². The fourth-order valence-corrected chi connectivity index (χ4v) is 6.90. The van der Waals surface area contributed by atoms with Crippen LogP contribution in [0.1, 0.15) is 44.6 Å². The van der Waals surface area contributed by atoms with Crippen LogP contribution >= 0.6 is 0 Å². The van der Waals surface area contributed by atoms with Crippen LogP contribution in [0.5, 0.6) is 0 Å². The minimum atomic E-state index is -1.50. The summed E-state index contributed by atoms with van der Waals surface area (Å²) in [5.74, 6) is -3.57. The smallest absolute Gasteiger partial charge is 0.409 e. The van der Waals surface area contributed by atoms with Crippen molar-refractivity contribution in [3.8, 4) is 11.3 Å². The molecule has 4 amide bonds. The van der Waals surface area contributed by atoms with Crippen LogP contribution in [0.3, 0.4) is 0 Å². The lowest BCUT2D eigenvalue weighted by Gasteiger charge is -2.43. The van der Waals surface area contributed by atoms with E-state index in [1.54, 1.807) is 24.6 Å². The number of amides is 4. The Kier molecular flexibility index (Phi) is 13.5. The molecule has 2 aromatic carbocycles. The van der Waals surface area contributed by atoms with Gasteiger partial charge in [-0.2, -0.15) is 0 Å². The van der Waals surface area contributed by atoms with Crippen LogP contribution in [0.2, 0.25) is 0 Å². The number of ether oxygens (including phenoxy) is 1. The van der Waals surface area contributed by atoms with Crippen molar-refractivity contribution in [1.82, 2.24) is 29.6 Å². The lowest BCUT2D eigenvalue weighted by atomic mass is 9.79. The molecule has 3 aromatic rings. The van der Waals surface area contributed by atoms with E-state index in [0.29, 0.717) is 0 Å². The highest BCUT2D eigenvalue weighted by molar-refractivity contribution is 6.12. The molecule has 0 radical (unpaired) electrons. The summed E-state index contributed by atoms with van der Waals surface area (Å²) in [5, 5.41) is 23.3. The number of halogens is 3. The van der Waals surface area contributed by atoms with Crippen LogP contribution < -0.4 is 5.32 Å². The molecule has 5 rings (SSSR count). The number of alkyl halides is 1. The standard InChI is InChI=1S/C39H47F3N6O7/c1-25(50)37(53)48(23-27-20-43-21-31(27)42)35(39(2,3)13-18-55-38(54)45(16-17-49)14-15-47-33(51)11-12-34(47)52)36-44-32(29-19-28(40)9-10-30(29)41)24-46(36)22-26-7-5-4-6-8-26/h4-12,19,24-25,27,31,35,43,49-50H,13-18,20-23H2,1-3H3/t25-,27-,31-,35-/m0/s1. The highest BCUT2D eigenvalue weighted by Gasteiger charge is 2.44. The fourth-order valence-electron chi connectivity index (χ4n) is 6.90. The quantitative estimate of drug-likeness (QED) is 0.175. The number of hydrogen-bond donors (Lipinski definition) is 3. The number of rotatable bonds is 17. The number of carbonyl (C=O) groups is 4. The highest BCUT2D eigenvalue weighted by atomic mass is 19.1. The van der Waals surface area contributed by atoms with Crippen molar-refractivity contribution in [3.63, 3.8) is 0 Å². The van der Waals surface area contributed by atoms with Gasteiger partial charge in [-0.3, -0.25) is 19.3 Å². The van der Waals surface area contributed by atoms with Gasteiger partial charge in [0.1, 0.15) is 29.7 Å². The molecule has 2 aliphatic rings. The van der Waals surface area contributed by atoms with Gasteiger partial charge in [0.05, 0.1) is 24.9 Å². The normalized spacial score (nSPS) is 18.1. The van der Waals surface area contributed by atoms with E-state index < -0.39 is 71.7 Å². The average molecular weight is 769 g/mol. The molecule has 0 bridgehead atoms. The second-order valence-corrected chi connectivity index (χ2v) is 14.5. The summed E-state index contributed by atoms with van der Waals surface area (Å²) in [6.07, 6.45) is 0.268. The fraction of sp³-hybridized carbons (Fsp3) is 0.462. The van der Waals surface area contributed by atoms with E-state index in [2.05, 4.69) is 5.32 Å². The molecule has 13 nitrogen and oxygen atoms in total. The summed E-state index contributed by atoms with van der Waals surface area (Å²) < 4.78 is 52.3. The number of nitrogens with zero attached hydrogens (tertiary/aromatic N) is 5. The maximum Gasteiger partial charge on any atom is 0.409 e. The summed E-state index contributed by atoms with van der Waals surface area (Å²) in [7, 11) is 0. The van der Waals surface area contributed by atoms with Gasteiger partial charge in [0.2, 0.25) is 0 Å². The molecular weight excluding hydrogens is 721 g/mol. The third-order valence-corrected chi connectivity index (χ3v) is 9.93. The van der Waals surface area contributed by atoms with E-state index in [9.17, 15) is 33.8 Å². The van der Waals surface area contributed by atoms with Crippen molar-refractivity contribution in [3.05, 3.63) is 89.9 Å². The second-order valence-electron chi connectivity index (χ2n) is 14.5. The number of nitrogens with one attached hydrogen (secondary N) is 1. The number of imidazole rings is 1. The van der Waals surface area contributed by atoms with Crippen LogP contribution in [-0.2, 0) is 25.7 Å². The number of aromatic nitrogens is 2. The van der Waals surface area contributed by atoms with Crippen LogP contribution in [0.25, 0.3) is 11.3 Å². The molecule has 2 aliphatic heterocycles. The number of aliphatic hydroxyl groups is 2. The Morgan fingerprint density at radius 2 is 1.78 bits per heavy atom. The molecule has 1 aromatic heterocycles. The van der Waals surface area contributed by atoms with E-state index in [1.807, 2.05) is 30.3 Å². The lowest BCUT2D eigenvalue weighted by Crippen LogP contribution is -2.50. The first-order valence-electron chi connectivity index (χ1n) is 18.2. The van der Waals surface area contributed by atoms with Gasteiger partial charge in [-0.15, -0.1) is 0 Å². The molecular formula is C39H47F3N6O7. The van der Waals surface area contributed by atoms with Crippen molar-refractivity contribution < 1.29 is 47.3 Å². The van der Waals surface area contributed by atoms with Crippen molar-refractivity contribution in [2.24, 2.45) is 11.3 Å². The van der Waals surface area contributed by atoms with Gasteiger partial charge in [0, 0.05) is 75.6 Å². The number of aliphatic hydroxyl groups excluding tert-OH is 2. The van der Waals surface area contributed by atoms with Gasteiger partial charge in [-0.25, -0.2) is 22.9 Å². The zero-order valence-electron chi connectivity index (χ0n) is 31.0. The number of hydrogen-bond acceptors (Lipinski definition) is 9. The first kappa shape index (κ1) is 41.1. The van der Waals surface area contributed by atoms with E-state index in [0.717, 1.165) is 45.7 Å². The first-order valence-corrected chi connectivity index (χ1v) is 18.2. The molecule has 1 fully saturated rings. The molecule has 4 atom stereocenters. The van der Waals surface area contributed by atoms with E-state index in [4.69, 9.17) is 9.72 Å². The molecule has 0 saturated carbocycles. The Morgan fingerprint density at radius 1 is 1.07 bits per heavy atom. The third-order valence-electron chi connectivity index (χ3n) is 9.93. The summed E-state index contributed by atoms with van der Waals surface area (Å²) in [6, 6.07) is 11.2. The maximum atomic E-state index is 15.2. The predicted octanol–water partition coefficient (Wildman–Crippen LogP) is 3.46. The van der Waals surface area contributed by atoms with Gasteiger partial charge in [0.15, 0.2) is 0 Å². The van der Waals surface area contributed by atoms with Gasteiger partial charge in [0.25, 0.3) is 17.7 Å². The SMILES string of the molecule is C[C@H](O)C(=O)N(C[C@@H]1CNC[C@@H]1F)[C@@H](c1nc(-c2cc(F)ccc2F)cn1Cc1ccccc1)C(C)(C)CCOC(=O)N(CCO)CCN1C(=O)C=CC1=O. The molecule has 0 spiro atoms.